The van der Waals surface area contributed by atoms with Gasteiger partial charge in [-0.2, -0.15) is 0 Å². The van der Waals surface area contributed by atoms with Crippen LogP contribution in [0.5, 0.6) is 0 Å². The number of aromatic nitrogens is 1. The molecule has 0 saturated carbocycles. The molecule has 0 atom stereocenters. The number of oxazole rings is 1. The summed E-state index contributed by atoms with van der Waals surface area (Å²) in [5.74, 6) is 0.951. The standard InChI is InChI=1S/C23H23N3O4/c1-2-29-23(28)26-14-12-25(13-15-26)22(27)19-11-7-6-10-18(19)21-24-16-20(30-21)17-8-4-3-5-9-17/h3-11,16H,2,12-15H2,1H3. The number of benzene rings is 2. The average Bonchev–Trinajstić information content (AvgIpc) is 3.30. The molecule has 7 heteroatoms. The van der Waals surface area contributed by atoms with Gasteiger partial charge in [0, 0.05) is 37.3 Å². The van der Waals surface area contributed by atoms with E-state index in [4.69, 9.17) is 9.15 Å². The second-order valence-electron chi connectivity index (χ2n) is 6.92. The molecule has 0 aliphatic carbocycles. The third-order valence-corrected chi connectivity index (χ3v) is 5.04. The summed E-state index contributed by atoms with van der Waals surface area (Å²) in [7, 11) is 0. The SMILES string of the molecule is CCOC(=O)N1CCN(C(=O)c2ccccc2-c2ncc(-c3ccccc3)o2)CC1. The van der Waals surface area contributed by atoms with Gasteiger partial charge in [0.05, 0.1) is 18.4 Å². The highest BCUT2D eigenvalue weighted by atomic mass is 16.6. The lowest BCUT2D eigenvalue weighted by Crippen LogP contribution is -2.50. The van der Waals surface area contributed by atoms with E-state index in [9.17, 15) is 9.59 Å². The summed E-state index contributed by atoms with van der Waals surface area (Å²) < 4.78 is 11.0. The number of nitrogens with zero attached hydrogens (tertiary/aromatic N) is 3. The van der Waals surface area contributed by atoms with Crippen LogP contribution in [0, 0.1) is 0 Å². The van der Waals surface area contributed by atoms with Crippen molar-refractivity contribution in [1.29, 1.82) is 0 Å². The van der Waals surface area contributed by atoms with Crippen molar-refractivity contribution < 1.29 is 18.7 Å². The summed E-state index contributed by atoms with van der Waals surface area (Å²) in [6, 6.07) is 17.0. The zero-order valence-electron chi connectivity index (χ0n) is 16.8. The monoisotopic (exact) mass is 405 g/mol. The molecule has 0 N–H and O–H groups in total. The lowest BCUT2D eigenvalue weighted by Gasteiger charge is -2.34. The Morgan fingerprint density at radius 1 is 0.967 bits per heavy atom. The highest BCUT2D eigenvalue weighted by Gasteiger charge is 2.27. The van der Waals surface area contributed by atoms with Crippen LogP contribution in [0.3, 0.4) is 0 Å². The van der Waals surface area contributed by atoms with Crippen molar-refractivity contribution in [3.8, 4) is 22.8 Å². The summed E-state index contributed by atoms with van der Waals surface area (Å²) in [4.78, 5) is 32.8. The largest absolute Gasteiger partial charge is 0.450 e. The Kier molecular flexibility index (Phi) is 5.79. The molecule has 2 heterocycles. The number of amides is 2. The van der Waals surface area contributed by atoms with Gasteiger partial charge in [-0.15, -0.1) is 0 Å². The van der Waals surface area contributed by atoms with Crippen LogP contribution in [0.1, 0.15) is 17.3 Å². The molecule has 0 unspecified atom stereocenters. The van der Waals surface area contributed by atoms with Crippen LogP contribution in [0.25, 0.3) is 22.8 Å². The smallest absolute Gasteiger partial charge is 0.409 e. The molecule has 2 aromatic carbocycles. The van der Waals surface area contributed by atoms with E-state index in [1.807, 2.05) is 48.5 Å². The summed E-state index contributed by atoms with van der Waals surface area (Å²) in [5, 5.41) is 0. The zero-order chi connectivity index (χ0) is 20.9. The molecule has 2 amide bonds. The Bertz CT molecular complexity index is 1020. The van der Waals surface area contributed by atoms with Gasteiger partial charge in [0.15, 0.2) is 5.76 Å². The van der Waals surface area contributed by atoms with Crippen LogP contribution < -0.4 is 0 Å². The number of hydrogen-bond donors (Lipinski definition) is 0. The Hall–Kier alpha value is -3.61. The first-order chi connectivity index (χ1) is 14.7. The van der Waals surface area contributed by atoms with Gasteiger partial charge in [-0.25, -0.2) is 9.78 Å². The molecule has 154 valence electrons. The van der Waals surface area contributed by atoms with Crippen molar-refractivity contribution in [2.24, 2.45) is 0 Å². The van der Waals surface area contributed by atoms with Crippen molar-refractivity contribution in [2.75, 3.05) is 32.8 Å². The van der Waals surface area contributed by atoms with Crippen LogP contribution in [0.4, 0.5) is 4.79 Å². The summed E-state index contributed by atoms with van der Waals surface area (Å²) in [6.07, 6.45) is 1.34. The van der Waals surface area contributed by atoms with E-state index in [-0.39, 0.29) is 12.0 Å². The normalized spacial score (nSPS) is 13.9. The van der Waals surface area contributed by atoms with Gasteiger partial charge < -0.3 is 19.0 Å². The molecule has 4 rings (SSSR count). The molecular formula is C23H23N3O4. The number of carbonyl (C=O) groups excluding carboxylic acids is 2. The molecule has 1 aliphatic rings. The van der Waals surface area contributed by atoms with Gasteiger partial charge >= 0.3 is 6.09 Å². The minimum atomic E-state index is -0.335. The maximum absolute atomic E-state index is 13.2. The molecule has 1 saturated heterocycles. The van der Waals surface area contributed by atoms with Crippen LogP contribution in [-0.2, 0) is 4.74 Å². The van der Waals surface area contributed by atoms with Crippen molar-refractivity contribution in [3.05, 3.63) is 66.4 Å². The molecule has 1 aromatic heterocycles. The molecule has 1 aliphatic heterocycles. The number of rotatable bonds is 4. The number of hydrogen-bond acceptors (Lipinski definition) is 5. The molecule has 0 bridgehead atoms. The minimum absolute atomic E-state index is 0.103. The van der Waals surface area contributed by atoms with E-state index in [0.29, 0.717) is 55.6 Å². The summed E-state index contributed by atoms with van der Waals surface area (Å²) >= 11 is 0. The summed E-state index contributed by atoms with van der Waals surface area (Å²) in [6.45, 7) is 3.92. The molecule has 3 aromatic rings. The first kappa shape index (κ1) is 19.7. The van der Waals surface area contributed by atoms with Gasteiger partial charge in [0.25, 0.3) is 5.91 Å². The maximum atomic E-state index is 13.2. The van der Waals surface area contributed by atoms with E-state index in [2.05, 4.69) is 4.98 Å². The first-order valence-electron chi connectivity index (χ1n) is 9.99. The molecule has 0 radical (unpaired) electrons. The molecule has 30 heavy (non-hydrogen) atoms. The quantitative estimate of drug-likeness (QED) is 0.658. The third kappa shape index (κ3) is 4.05. The lowest BCUT2D eigenvalue weighted by atomic mass is 10.1. The predicted octanol–water partition coefficient (Wildman–Crippen LogP) is 3.92. The second kappa shape index (κ2) is 8.82. The molecule has 1 fully saturated rings. The van der Waals surface area contributed by atoms with E-state index < -0.39 is 0 Å². The predicted molar refractivity (Wildman–Crippen MR) is 112 cm³/mol. The first-order valence-corrected chi connectivity index (χ1v) is 9.99. The topological polar surface area (TPSA) is 75.9 Å². The van der Waals surface area contributed by atoms with E-state index in [0.717, 1.165) is 5.56 Å². The average molecular weight is 405 g/mol. The van der Waals surface area contributed by atoms with Gasteiger partial charge in [0.1, 0.15) is 0 Å². The third-order valence-electron chi connectivity index (χ3n) is 5.04. The Balaban J connectivity index is 1.52. The Labute approximate surface area is 174 Å². The van der Waals surface area contributed by atoms with Crippen LogP contribution >= 0.6 is 0 Å². The Morgan fingerprint density at radius 3 is 2.37 bits per heavy atom. The van der Waals surface area contributed by atoms with E-state index >= 15 is 0 Å². The molecular weight excluding hydrogens is 382 g/mol. The highest BCUT2D eigenvalue weighted by molar-refractivity contribution is 6.00. The van der Waals surface area contributed by atoms with Gasteiger partial charge in [-0.1, -0.05) is 42.5 Å². The van der Waals surface area contributed by atoms with E-state index in [1.54, 1.807) is 29.0 Å². The van der Waals surface area contributed by atoms with Crippen molar-refractivity contribution >= 4 is 12.0 Å². The van der Waals surface area contributed by atoms with Gasteiger partial charge in [-0.05, 0) is 19.1 Å². The van der Waals surface area contributed by atoms with Crippen molar-refractivity contribution in [1.82, 2.24) is 14.8 Å². The lowest BCUT2D eigenvalue weighted by molar-refractivity contribution is 0.0571. The number of ether oxygens (including phenoxy) is 1. The van der Waals surface area contributed by atoms with Gasteiger partial charge in [-0.3, -0.25) is 4.79 Å². The Morgan fingerprint density at radius 2 is 1.63 bits per heavy atom. The number of carbonyl (C=O) groups is 2. The maximum Gasteiger partial charge on any atom is 0.409 e. The van der Waals surface area contributed by atoms with Crippen LogP contribution in [0.2, 0.25) is 0 Å². The van der Waals surface area contributed by atoms with Crippen LogP contribution in [0.15, 0.2) is 65.2 Å². The minimum Gasteiger partial charge on any atom is -0.450 e. The molecule has 7 nitrogen and oxygen atoms in total. The molecule has 0 spiro atoms. The zero-order valence-corrected chi connectivity index (χ0v) is 16.8. The van der Waals surface area contributed by atoms with Crippen molar-refractivity contribution in [3.63, 3.8) is 0 Å². The van der Waals surface area contributed by atoms with Crippen LogP contribution in [-0.4, -0.2) is 59.6 Å². The second-order valence-corrected chi connectivity index (χ2v) is 6.92. The fraction of sp³-hybridized carbons (Fsp3) is 0.261. The van der Waals surface area contributed by atoms with Crippen molar-refractivity contribution in [2.45, 2.75) is 6.92 Å². The van der Waals surface area contributed by atoms with Gasteiger partial charge in [0.2, 0.25) is 5.89 Å². The summed E-state index contributed by atoms with van der Waals surface area (Å²) in [5.41, 5.74) is 2.11. The fourth-order valence-corrected chi connectivity index (χ4v) is 3.47. The highest BCUT2D eigenvalue weighted by Crippen LogP contribution is 2.29. The van der Waals surface area contributed by atoms with E-state index in [1.165, 1.54) is 0 Å². The number of piperazine rings is 1. The fourth-order valence-electron chi connectivity index (χ4n) is 3.47.